The maximum atomic E-state index is 12.7. The monoisotopic (exact) mass is 462 g/mol. The number of hydrogen-bond acceptors (Lipinski definition) is 7. The van der Waals surface area contributed by atoms with Gasteiger partial charge in [-0.15, -0.1) is 0 Å². The summed E-state index contributed by atoms with van der Waals surface area (Å²) in [5.41, 5.74) is 1.81. The molecule has 0 saturated heterocycles. The van der Waals surface area contributed by atoms with E-state index in [0.29, 0.717) is 5.56 Å². The van der Waals surface area contributed by atoms with Crippen molar-refractivity contribution in [1.29, 1.82) is 0 Å². The summed E-state index contributed by atoms with van der Waals surface area (Å²) < 4.78 is 27.9. The summed E-state index contributed by atoms with van der Waals surface area (Å²) in [5.74, 6) is -3.05. The van der Waals surface area contributed by atoms with Gasteiger partial charge >= 0.3 is 17.9 Å². The average molecular weight is 462 g/mol. The lowest BCUT2D eigenvalue weighted by Crippen LogP contribution is -2.13. The van der Waals surface area contributed by atoms with Gasteiger partial charge in [-0.2, -0.15) is 4.39 Å². The Labute approximate surface area is 194 Å². The number of carbonyl (C=O) groups is 3. The van der Waals surface area contributed by atoms with Gasteiger partial charge in [0.25, 0.3) is 0 Å². The molecule has 0 saturated carbocycles. The number of benzene rings is 3. The van der Waals surface area contributed by atoms with E-state index in [-0.39, 0.29) is 22.8 Å². The zero-order valence-corrected chi connectivity index (χ0v) is 17.8. The number of aliphatic hydroxyl groups excluding tert-OH is 1. The Bertz CT molecular complexity index is 1230. The molecule has 0 atom stereocenters. The molecular formula is C26H19FO7. The summed E-state index contributed by atoms with van der Waals surface area (Å²) in [7, 11) is 0. The van der Waals surface area contributed by atoms with Crippen molar-refractivity contribution < 1.29 is 38.1 Å². The van der Waals surface area contributed by atoms with E-state index in [0.717, 1.165) is 11.1 Å². The van der Waals surface area contributed by atoms with E-state index in [4.69, 9.17) is 19.3 Å². The fourth-order valence-corrected chi connectivity index (χ4v) is 2.66. The van der Waals surface area contributed by atoms with Crippen LogP contribution < -0.4 is 14.2 Å². The SMILES string of the molecule is C=C(F)C(=O)Oc1ccc(-c2ccc(C(=O)Oc3ccc(OC(=O)C(=C)CO)cc3)cc2)cc1. The molecule has 34 heavy (non-hydrogen) atoms. The lowest BCUT2D eigenvalue weighted by atomic mass is 10.0. The molecule has 0 aliphatic heterocycles. The first kappa shape index (κ1) is 24.1. The molecule has 0 heterocycles. The minimum absolute atomic E-state index is 0.0820. The van der Waals surface area contributed by atoms with Crippen molar-refractivity contribution in [3.05, 3.63) is 103 Å². The summed E-state index contributed by atoms with van der Waals surface area (Å²) in [5, 5.41) is 8.88. The molecule has 3 rings (SSSR count). The molecule has 0 aromatic heterocycles. The van der Waals surface area contributed by atoms with Crippen LogP contribution in [0.1, 0.15) is 10.4 Å². The van der Waals surface area contributed by atoms with Crippen LogP contribution in [-0.4, -0.2) is 29.6 Å². The number of esters is 3. The fraction of sp³-hybridized carbons (Fsp3) is 0.0385. The Balaban J connectivity index is 1.61. The minimum atomic E-state index is -1.18. The van der Waals surface area contributed by atoms with Crippen LogP contribution in [0.2, 0.25) is 0 Å². The third-order valence-electron chi connectivity index (χ3n) is 4.46. The Hall–Kier alpha value is -4.56. The van der Waals surface area contributed by atoms with Crippen LogP contribution in [0.4, 0.5) is 4.39 Å². The van der Waals surface area contributed by atoms with Crippen molar-refractivity contribution in [3.8, 4) is 28.4 Å². The first-order valence-corrected chi connectivity index (χ1v) is 9.87. The van der Waals surface area contributed by atoms with Gasteiger partial charge in [-0.25, -0.2) is 14.4 Å². The van der Waals surface area contributed by atoms with Crippen LogP contribution in [0.15, 0.2) is 97.4 Å². The number of aliphatic hydroxyl groups is 1. The molecule has 172 valence electrons. The zero-order chi connectivity index (χ0) is 24.7. The Morgan fingerprint density at radius 3 is 1.56 bits per heavy atom. The van der Waals surface area contributed by atoms with Gasteiger partial charge < -0.3 is 19.3 Å². The lowest BCUT2D eigenvalue weighted by molar-refractivity contribution is -0.132. The van der Waals surface area contributed by atoms with E-state index >= 15 is 0 Å². The largest absolute Gasteiger partial charge is 0.423 e. The van der Waals surface area contributed by atoms with Crippen LogP contribution in [0.3, 0.4) is 0 Å². The number of ether oxygens (including phenoxy) is 3. The fourth-order valence-electron chi connectivity index (χ4n) is 2.66. The van der Waals surface area contributed by atoms with Gasteiger partial charge in [-0.3, -0.25) is 0 Å². The molecule has 0 unspecified atom stereocenters. The first-order chi connectivity index (χ1) is 16.3. The Morgan fingerprint density at radius 1 is 0.676 bits per heavy atom. The van der Waals surface area contributed by atoms with Crippen molar-refractivity contribution in [2.24, 2.45) is 0 Å². The van der Waals surface area contributed by atoms with E-state index < -0.39 is 30.3 Å². The van der Waals surface area contributed by atoms with Crippen molar-refractivity contribution in [3.63, 3.8) is 0 Å². The topological polar surface area (TPSA) is 99.1 Å². The van der Waals surface area contributed by atoms with Gasteiger partial charge in [0, 0.05) is 0 Å². The molecule has 0 spiro atoms. The minimum Gasteiger partial charge on any atom is -0.423 e. The maximum absolute atomic E-state index is 12.7. The van der Waals surface area contributed by atoms with Gasteiger partial charge in [-0.05, 0) is 59.7 Å². The predicted octanol–water partition coefficient (Wildman–Crippen LogP) is 4.42. The standard InChI is InChI=1S/C26H19FO7/c1-16(15-28)24(29)32-22-11-13-23(14-12-22)34-26(31)20-5-3-18(4-6-20)19-7-9-21(10-8-19)33-25(30)17(2)27/h3-14,28H,1-2,15H2. The Kier molecular flexibility index (Phi) is 7.68. The third kappa shape index (κ3) is 6.24. The number of carbonyl (C=O) groups excluding carboxylic acids is 3. The van der Waals surface area contributed by atoms with Gasteiger partial charge in [0.1, 0.15) is 17.2 Å². The van der Waals surface area contributed by atoms with Crippen molar-refractivity contribution in [1.82, 2.24) is 0 Å². The van der Waals surface area contributed by atoms with E-state index in [1.807, 2.05) is 0 Å². The highest BCUT2D eigenvalue weighted by Crippen LogP contribution is 2.24. The van der Waals surface area contributed by atoms with E-state index in [9.17, 15) is 18.8 Å². The molecular weight excluding hydrogens is 443 g/mol. The molecule has 0 bridgehead atoms. The number of rotatable bonds is 8. The molecule has 0 radical (unpaired) electrons. The molecule has 0 aliphatic carbocycles. The molecule has 7 nitrogen and oxygen atoms in total. The van der Waals surface area contributed by atoms with Gasteiger partial charge in [-0.1, -0.05) is 37.4 Å². The number of halogens is 1. The molecule has 0 amide bonds. The predicted molar refractivity (Wildman–Crippen MR) is 121 cm³/mol. The first-order valence-electron chi connectivity index (χ1n) is 9.87. The van der Waals surface area contributed by atoms with Crippen LogP contribution in [0.5, 0.6) is 17.2 Å². The average Bonchev–Trinajstić information content (AvgIpc) is 2.85. The quantitative estimate of drug-likeness (QED) is 0.301. The molecule has 3 aromatic carbocycles. The molecule has 0 fully saturated rings. The number of hydrogen-bond donors (Lipinski definition) is 1. The second-order valence-electron chi connectivity index (χ2n) is 6.91. The van der Waals surface area contributed by atoms with Crippen LogP contribution in [0, 0.1) is 0 Å². The summed E-state index contributed by atoms with van der Waals surface area (Å²) in [6.07, 6.45) is 0. The second kappa shape index (κ2) is 10.8. The maximum Gasteiger partial charge on any atom is 0.371 e. The van der Waals surface area contributed by atoms with Crippen LogP contribution in [0.25, 0.3) is 11.1 Å². The zero-order valence-electron chi connectivity index (χ0n) is 17.8. The third-order valence-corrected chi connectivity index (χ3v) is 4.46. The molecule has 1 N–H and O–H groups in total. The summed E-state index contributed by atoms with van der Waals surface area (Å²) in [4.78, 5) is 35.2. The van der Waals surface area contributed by atoms with E-state index in [2.05, 4.69) is 13.2 Å². The summed E-state index contributed by atoms with van der Waals surface area (Å²) in [6, 6.07) is 18.8. The van der Waals surface area contributed by atoms with Gasteiger partial charge in [0.05, 0.1) is 17.7 Å². The van der Waals surface area contributed by atoms with E-state index in [1.165, 1.54) is 36.4 Å². The highest BCUT2D eigenvalue weighted by molar-refractivity contribution is 5.92. The van der Waals surface area contributed by atoms with Gasteiger partial charge in [0.2, 0.25) is 5.83 Å². The summed E-state index contributed by atoms with van der Waals surface area (Å²) in [6.45, 7) is 5.75. The molecule has 0 aliphatic rings. The van der Waals surface area contributed by atoms with Crippen LogP contribution in [-0.2, 0) is 9.59 Å². The smallest absolute Gasteiger partial charge is 0.371 e. The van der Waals surface area contributed by atoms with Gasteiger partial charge in [0.15, 0.2) is 0 Å². The van der Waals surface area contributed by atoms with Crippen molar-refractivity contribution in [2.75, 3.05) is 6.61 Å². The van der Waals surface area contributed by atoms with Crippen molar-refractivity contribution in [2.45, 2.75) is 0 Å². The van der Waals surface area contributed by atoms with E-state index in [1.54, 1.807) is 36.4 Å². The summed E-state index contributed by atoms with van der Waals surface area (Å²) >= 11 is 0. The highest BCUT2D eigenvalue weighted by Gasteiger charge is 2.12. The normalized spacial score (nSPS) is 10.2. The Morgan fingerprint density at radius 2 is 1.09 bits per heavy atom. The highest BCUT2D eigenvalue weighted by atomic mass is 19.1. The molecule has 8 heteroatoms. The van der Waals surface area contributed by atoms with Crippen LogP contribution >= 0.6 is 0 Å². The molecule has 3 aromatic rings. The van der Waals surface area contributed by atoms with Crippen molar-refractivity contribution >= 4 is 17.9 Å². The second-order valence-corrected chi connectivity index (χ2v) is 6.91. The lowest BCUT2D eigenvalue weighted by Gasteiger charge is -2.08.